The number of hydrogen-bond donors (Lipinski definition) is 0. The second-order valence-corrected chi connectivity index (χ2v) is 4.92. The maximum Gasteiger partial charge on any atom is 0.0593 e. The highest BCUT2D eigenvalue weighted by atomic mass is 16.5. The molecule has 0 bridgehead atoms. The topological polar surface area (TPSA) is 21.7 Å². The van der Waals surface area contributed by atoms with Crippen LogP contribution in [0.5, 0.6) is 0 Å². The summed E-state index contributed by atoms with van der Waals surface area (Å²) in [5, 5.41) is 0. The Morgan fingerprint density at radius 1 is 1.06 bits per heavy atom. The number of nitrogens with zero attached hydrogens (tertiary/aromatic N) is 1. The lowest BCUT2D eigenvalue weighted by Gasteiger charge is -2.18. The van der Waals surface area contributed by atoms with E-state index in [1.807, 2.05) is 0 Å². The summed E-state index contributed by atoms with van der Waals surface area (Å²) < 4.78 is 10.6. The van der Waals surface area contributed by atoms with Crippen LogP contribution in [-0.4, -0.2) is 52.0 Å². The van der Waals surface area contributed by atoms with Gasteiger partial charge in [0.05, 0.1) is 6.61 Å². The average molecular weight is 245 g/mol. The summed E-state index contributed by atoms with van der Waals surface area (Å²) in [6, 6.07) is 0. The summed E-state index contributed by atoms with van der Waals surface area (Å²) in [4.78, 5) is 2.36. The van der Waals surface area contributed by atoms with Crippen LogP contribution in [0.4, 0.5) is 0 Å². The molecule has 0 saturated heterocycles. The molecule has 3 nitrogen and oxygen atoms in total. The van der Waals surface area contributed by atoms with E-state index in [2.05, 4.69) is 25.8 Å². The number of unbranched alkanes of at least 4 members (excludes halogenated alkanes) is 1. The van der Waals surface area contributed by atoms with Gasteiger partial charge < -0.3 is 14.4 Å². The summed E-state index contributed by atoms with van der Waals surface area (Å²) in [6.45, 7) is 9.36. The van der Waals surface area contributed by atoms with Gasteiger partial charge in [-0.05, 0) is 38.8 Å². The van der Waals surface area contributed by atoms with Crippen LogP contribution in [0.25, 0.3) is 0 Å². The highest BCUT2D eigenvalue weighted by Crippen LogP contribution is 2.06. The van der Waals surface area contributed by atoms with Crippen molar-refractivity contribution in [1.82, 2.24) is 4.90 Å². The monoisotopic (exact) mass is 245 g/mol. The van der Waals surface area contributed by atoms with Crippen LogP contribution in [0, 0.1) is 5.92 Å². The first kappa shape index (κ1) is 16.9. The van der Waals surface area contributed by atoms with Gasteiger partial charge in [-0.25, -0.2) is 0 Å². The molecule has 0 spiro atoms. The molecule has 0 aliphatic heterocycles. The molecule has 0 aromatic rings. The Morgan fingerprint density at radius 3 is 2.41 bits per heavy atom. The molecule has 0 amide bonds. The van der Waals surface area contributed by atoms with E-state index < -0.39 is 0 Å². The van der Waals surface area contributed by atoms with Crippen molar-refractivity contribution in [1.29, 1.82) is 0 Å². The number of methoxy groups -OCH3 is 1. The number of rotatable bonds is 12. The fraction of sp³-hybridized carbons (Fsp3) is 1.00. The van der Waals surface area contributed by atoms with Crippen molar-refractivity contribution in [2.24, 2.45) is 5.92 Å². The maximum atomic E-state index is 5.59. The van der Waals surface area contributed by atoms with E-state index in [1.165, 1.54) is 19.4 Å². The van der Waals surface area contributed by atoms with Gasteiger partial charge >= 0.3 is 0 Å². The first-order valence-corrected chi connectivity index (χ1v) is 6.95. The minimum Gasteiger partial charge on any atom is -0.385 e. The Kier molecular flexibility index (Phi) is 12.3. The number of hydrogen-bond acceptors (Lipinski definition) is 3. The molecular formula is C14H31NO2. The van der Waals surface area contributed by atoms with E-state index in [4.69, 9.17) is 9.47 Å². The van der Waals surface area contributed by atoms with E-state index >= 15 is 0 Å². The lowest BCUT2D eigenvalue weighted by molar-refractivity contribution is 0.0999. The Balaban J connectivity index is 3.19. The smallest absolute Gasteiger partial charge is 0.0593 e. The molecule has 0 unspecified atom stereocenters. The van der Waals surface area contributed by atoms with E-state index in [9.17, 15) is 0 Å². The van der Waals surface area contributed by atoms with Crippen LogP contribution in [0.15, 0.2) is 0 Å². The molecule has 0 aliphatic rings. The number of ether oxygens (including phenoxy) is 2. The van der Waals surface area contributed by atoms with Gasteiger partial charge in [0.1, 0.15) is 0 Å². The SMILES string of the molecule is CC[C@@H](C)CCN(C)CCOCCCCOC. The second-order valence-electron chi connectivity index (χ2n) is 4.92. The molecule has 104 valence electrons. The third-order valence-corrected chi connectivity index (χ3v) is 3.21. The van der Waals surface area contributed by atoms with Crippen LogP contribution >= 0.6 is 0 Å². The normalized spacial score (nSPS) is 13.2. The third-order valence-electron chi connectivity index (χ3n) is 3.21. The first-order valence-electron chi connectivity index (χ1n) is 6.95. The van der Waals surface area contributed by atoms with Crippen molar-refractivity contribution in [2.45, 2.75) is 39.5 Å². The predicted molar refractivity (Wildman–Crippen MR) is 73.5 cm³/mol. The van der Waals surface area contributed by atoms with Crippen molar-refractivity contribution < 1.29 is 9.47 Å². The molecule has 0 fully saturated rings. The largest absolute Gasteiger partial charge is 0.385 e. The van der Waals surface area contributed by atoms with Gasteiger partial charge in [0, 0.05) is 26.9 Å². The minimum absolute atomic E-state index is 0.840. The molecular weight excluding hydrogens is 214 g/mol. The van der Waals surface area contributed by atoms with Crippen LogP contribution in [0.3, 0.4) is 0 Å². The molecule has 0 saturated carbocycles. The molecule has 0 heterocycles. The highest BCUT2D eigenvalue weighted by molar-refractivity contribution is 4.56. The fourth-order valence-electron chi connectivity index (χ4n) is 1.53. The molecule has 1 atom stereocenters. The standard InChI is InChI=1S/C14H31NO2/c1-5-14(2)8-9-15(3)10-13-17-12-7-6-11-16-4/h14H,5-13H2,1-4H3/t14-/m1/s1. The Morgan fingerprint density at radius 2 is 1.76 bits per heavy atom. The third kappa shape index (κ3) is 12.1. The van der Waals surface area contributed by atoms with Crippen molar-refractivity contribution in [3.8, 4) is 0 Å². The van der Waals surface area contributed by atoms with Crippen molar-refractivity contribution in [3.05, 3.63) is 0 Å². The summed E-state index contributed by atoms with van der Waals surface area (Å²) >= 11 is 0. The maximum absolute atomic E-state index is 5.59. The van der Waals surface area contributed by atoms with Gasteiger partial charge in [-0.15, -0.1) is 0 Å². The molecule has 0 aromatic heterocycles. The summed E-state index contributed by atoms with van der Waals surface area (Å²) in [5.74, 6) is 0.840. The van der Waals surface area contributed by atoms with E-state index in [0.29, 0.717) is 0 Å². The quantitative estimate of drug-likeness (QED) is 0.494. The number of likely N-dealkylation sites (N-methyl/N-ethyl adjacent to an activating group) is 1. The fourth-order valence-corrected chi connectivity index (χ4v) is 1.53. The molecule has 0 aliphatic carbocycles. The zero-order valence-electron chi connectivity index (χ0n) is 12.2. The molecule has 0 radical (unpaired) electrons. The molecule has 0 N–H and O–H groups in total. The molecule has 0 rings (SSSR count). The minimum atomic E-state index is 0.840. The summed E-state index contributed by atoms with van der Waals surface area (Å²) in [6.07, 6.45) is 4.77. The van der Waals surface area contributed by atoms with E-state index in [-0.39, 0.29) is 0 Å². The van der Waals surface area contributed by atoms with Gasteiger partial charge in [0.15, 0.2) is 0 Å². The van der Waals surface area contributed by atoms with Crippen LogP contribution in [0.1, 0.15) is 39.5 Å². The Hall–Kier alpha value is -0.120. The Bertz CT molecular complexity index is 153. The van der Waals surface area contributed by atoms with Gasteiger partial charge in [-0.1, -0.05) is 20.3 Å². The summed E-state index contributed by atoms with van der Waals surface area (Å²) in [5.41, 5.74) is 0. The van der Waals surface area contributed by atoms with Crippen molar-refractivity contribution in [3.63, 3.8) is 0 Å². The van der Waals surface area contributed by atoms with Gasteiger partial charge in [0.2, 0.25) is 0 Å². The second kappa shape index (κ2) is 12.3. The van der Waals surface area contributed by atoms with Crippen LogP contribution < -0.4 is 0 Å². The van der Waals surface area contributed by atoms with Crippen LogP contribution in [-0.2, 0) is 9.47 Å². The van der Waals surface area contributed by atoms with Crippen molar-refractivity contribution >= 4 is 0 Å². The van der Waals surface area contributed by atoms with E-state index in [0.717, 1.165) is 45.1 Å². The lowest BCUT2D eigenvalue weighted by atomic mass is 10.1. The lowest BCUT2D eigenvalue weighted by Crippen LogP contribution is -2.25. The molecule has 17 heavy (non-hydrogen) atoms. The molecule has 3 heteroatoms. The van der Waals surface area contributed by atoms with Gasteiger partial charge in [0.25, 0.3) is 0 Å². The Labute approximate surface area is 107 Å². The van der Waals surface area contributed by atoms with Gasteiger partial charge in [-0.2, -0.15) is 0 Å². The average Bonchev–Trinajstić information content (AvgIpc) is 2.34. The zero-order chi connectivity index (χ0) is 12.9. The van der Waals surface area contributed by atoms with E-state index in [1.54, 1.807) is 7.11 Å². The predicted octanol–water partition coefficient (Wildman–Crippen LogP) is 2.80. The zero-order valence-corrected chi connectivity index (χ0v) is 12.2. The highest BCUT2D eigenvalue weighted by Gasteiger charge is 2.02. The first-order chi connectivity index (χ1) is 8.20. The summed E-state index contributed by atoms with van der Waals surface area (Å²) in [7, 11) is 3.92. The van der Waals surface area contributed by atoms with Crippen molar-refractivity contribution in [2.75, 3.05) is 47.1 Å². The molecule has 0 aromatic carbocycles. The van der Waals surface area contributed by atoms with Crippen LogP contribution in [0.2, 0.25) is 0 Å². The van der Waals surface area contributed by atoms with Gasteiger partial charge in [-0.3, -0.25) is 0 Å².